The lowest BCUT2D eigenvalue weighted by Crippen LogP contribution is -2.33. The van der Waals surface area contributed by atoms with Gasteiger partial charge in [0.2, 0.25) is 5.91 Å². The second-order valence-electron chi connectivity index (χ2n) is 7.94. The van der Waals surface area contributed by atoms with Crippen LogP contribution in [0.1, 0.15) is 24.5 Å². The summed E-state index contributed by atoms with van der Waals surface area (Å²) in [5, 5.41) is 11.1. The van der Waals surface area contributed by atoms with Crippen molar-refractivity contribution < 1.29 is 23.6 Å². The quantitative estimate of drug-likeness (QED) is 0.627. The molecule has 1 aromatic carbocycles. The highest BCUT2D eigenvalue weighted by atomic mass is 32.1. The summed E-state index contributed by atoms with van der Waals surface area (Å²) in [5.74, 6) is 1.43. The molecule has 0 radical (unpaired) electrons. The predicted molar refractivity (Wildman–Crippen MR) is 120 cm³/mol. The van der Waals surface area contributed by atoms with E-state index in [2.05, 4.69) is 10.5 Å². The Labute approximate surface area is 189 Å². The van der Waals surface area contributed by atoms with Crippen molar-refractivity contribution in [3.63, 3.8) is 0 Å². The lowest BCUT2D eigenvalue weighted by atomic mass is 10.0. The molecule has 0 spiro atoms. The number of hydrogen-bond acceptors (Lipinski definition) is 7. The number of aryl methyl sites for hydroxylation is 1. The third kappa shape index (κ3) is 3.62. The molecule has 1 N–H and O–H groups in total. The summed E-state index contributed by atoms with van der Waals surface area (Å²) in [4.78, 5) is 25.2. The van der Waals surface area contributed by atoms with Crippen LogP contribution in [0, 0.1) is 0 Å². The van der Waals surface area contributed by atoms with Gasteiger partial charge in [0.1, 0.15) is 17.5 Å². The first-order valence-corrected chi connectivity index (χ1v) is 11.4. The van der Waals surface area contributed by atoms with Gasteiger partial charge < -0.3 is 19.3 Å². The van der Waals surface area contributed by atoms with Crippen LogP contribution in [-0.2, 0) is 22.4 Å². The molecule has 0 unspecified atom stereocenters. The van der Waals surface area contributed by atoms with Gasteiger partial charge in [-0.1, -0.05) is 5.16 Å². The van der Waals surface area contributed by atoms with Gasteiger partial charge in [0.25, 0.3) is 0 Å². The molecule has 3 aromatic rings. The Morgan fingerprint density at radius 3 is 3.00 bits per heavy atom. The normalized spacial score (nSPS) is 17.4. The van der Waals surface area contributed by atoms with Crippen LogP contribution in [0.25, 0.3) is 22.6 Å². The first kappa shape index (κ1) is 20.6. The molecule has 0 bridgehead atoms. The summed E-state index contributed by atoms with van der Waals surface area (Å²) in [7, 11) is 1.66. The molecule has 3 heterocycles. The van der Waals surface area contributed by atoms with Gasteiger partial charge in [-0.25, -0.2) is 4.79 Å². The van der Waals surface area contributed by atoms with Crippen molar-refractivity contribution in [3.05, 3.63) is 40.1 Å². The highest BCUT2D eigenvalue weighted by Gasteiger charge is 2.33. The number of fused-ring (bicyclic) bond motifs is 3. The number of benzene rings is 1. The van der Waals surface area contributed by atoms with Gasteiger partial charge in [-0.05, 0) is 43.0 Å². The van der Waals surface area contributed by atoms with Crippen molar-refractivity contribution >= 4 is 29.0 Å². The molecule has 1 saturated heterocycles. The molecule has 0 saturated carbocycles. The maximum absolute atomic E-state index is 12.4. The number of rotatable bonds is 5. The molecule has 2 aromatic heterocycles. The number of anilines is 1. The van der Waals surface area contributed by atoms with E-state index in [0.717, 1.165) is 64.4 Å². The second kappa shape index (κ2) is 8.31. The third-order valence-corrected chi connectivity index (χ3v) is 6.58. The van der Waals surface area contributed by atoms with Gasteiger partial charge in [-0.15, -0.1) is 11.3 Å². The first-order valence-electron chi connectivity index (χ1n) is 10.5. The van der Waals surface area contributed by atoms with Crippen LogP contribution in [0.4, 0.5) is 10.5 Å². The molecule has 166 valence electrons. The van der Waals surface area contributed by atoms with Gasteiger partial charge in [0.05, 0.1) is 25.8 Å². The number of nitrogens with one attached hydrogen (secondary N) is 1. The van der Waals surface area contributed by atoms with E-state index in [1.165, 1.54) is 6.92 Å². The van der Waals surface area contributed by atoms with Gasteiger partial charge in [0, 0.05) is 34.5 Å². The largest absolute Gasteiger partial charge is 0.495 e. The number of hydrogen-bond donors (Lipinski definition) is 1. The summed E-state index contributed by atoms with van der Waals surface area (Å²) in [6, 6.07) is 5.92. The average molecular weight is 454 g/mol. The molecule has 1 aliphatic heterocycles. The van der Waals surface area contributed by atoms with E-state index in [1.54, 1.807) is 23.3 Å². The molecular formula is C23H23N3O5S. The van der Waals surface area contributed by atoms with Crippen molar-refractivity contribution in [2.75, 3.05) is 25.1 Å². The SMILES string of the molecule is COc1cscc1-c1noc2c1CCCc1cc(N3C[C@H](CNC(C)=O)OC3=O)ccc1-2. The van der Waals surface area contributed by atoms with E-state index < -0.39 is 6.09 Å². The van der Waals surface area contributed by atoms with Crippen molar-refractivity contribution in [2.45, 2.75) is 32.3 Å². The van der Waals surface area contributed by atoms with Gasteiger partial charge in [-0.2, -0.15) is 0 Å². The van der Waals surface area contributed by atoms with E-state index in [0.29, 0.717) is 13.1 Å². The van der Waals surface area contributed by atoms with Gasteiger partial charge >= 0.3 is 6.09 Å². The smallest absolute Gasteiger partial charge is 0.414 e. The molecule has 8 nitrogen and oxygen atoms in total. The minimum Gasteiger partial charge on any atom is -0.495 e. The standard InChI is InChI=1S/C23H23N3O5S/c1-13(27)24-9-16-10-26(23(28)30-16)15-6-7-17-14(8-15)4-3-5-18-21(25-31-22(17)18)19-11-32-12-20(19)29-2/h6-8,11-12,16H,3-5,9-10H2,1-2H3,(H,24,27)/t16-/m0/s1. The average Bonchev–Trinajstić information content (AvgIpc) is 3.47. The van der Waals surface area contributed by atoms with Crippen molar-refractivity contribution in [2.24, 2.45) is 0 Å². The Morgan fingerprint density at radius 2 is 2.19 bits per heavy atom. The number of nitrogens with zero attached hydrogens (tertiary/aromatic N) is 2. The fraction of sp³-hybridized carbons (Fsp3) is 0.348. The molecule has 5 rings (SSSR count). The highest BCUT2D eigenvalue weighted by molar-refractivity contribution is 7.08. The first-order chi connectivity index (χ1) is 15.5. The van der Waals surface area contributed by atoms with Crippen LogP contribution in [0.5, 0.6) is 5.75 Å². The number of ether oxygens (including phenoxy) is 2. The summed E-state index contributed by atoms with van der Waals surface area (Å²) < 4.78 is 16.7. The van der Waals surface area contributed by atoms with Crippen molar-refractivity contribution in [1.82, 2.24) is 10.5 Å². The summed E-state index contributed by atoms with van der Waals surface area (Å²) in [6.07, 6.45) is 1.89. The number of methoxy groups -OCH3 is 1. The molecule has 9 heteroatoms. The maximum atomic E-state index is 12.4. The molecule has 1 aliphatic carbocycles. The lowest BCUT2D eigenvalue weighted by Gasteiger charge is -2.15. The van der Waals surface area contributed by atoms with Crippen LogP contribution in [0.15, 0.2) is 33.5 Å². The minimum atomic E-state index is -0.402. The molecule has 2 amide bonds. The van der Waals surface area contributed by atoms with Crippen LogP contribution in [-0.4, -0.2) is 43.5 Å². The third-order valence-electron chi connectivity index (χ3n) is 5.86. The van der Waals surface area contributed by atoms with Crippen LogP contribution in [0.2, 0.25) is 0 Å². The predicted octanol–water partition coefficient (Wildman–Crippen LogP) is 4.03. The Kier molecular flexibility index (Phi) is 5.34. The molecular weight excluding hydrogens is 430 g/mol. The van der Waals surface area contributed by atoms with Crippen LogP contribution >= 0.6 is 11.3 Å². The number of aromatic nitrogens is 1. The molecule has 1 fully saturated rings. The summed E-state index contributed by atoms with van der Waals surface area (Å²) >= 11 is 1.57. The Balaban J connectivity index is 1.44. The molecule has 2 aliphatic rings. The summed E-state index contributed by atoms with van der Waals surface area (Å²) in [5.41, 5.74) is 5.76. The number of carbonyl (C=O) groups is 2. The Morgan fingerprint density at radius 1 is 1.31 bits per heavy atom. The second-order valence-corrected chi connectivity index (χ2v) is 8.68. The van der Waals surface area contributed by atoms with Gasteiger partial charge in [-0.3, -0.25) is 9.69 Å². The van der Waals surface area contributed by atoms with Crippen LogP contribution in [0.3, 0.4) is 0 Å². The Hall–Kier alpha value is -3.33. The Bertz CT molecular complexity index is 1180. The minimum absolute atomic E-state index is 0.146. The van der Waals surface area contributed by atoms with Gasteiger partial charge in [0.15, 0.2) is 5.76 Å². The van der Waals surface area contributed by atoms with Crippen LogP contribution < -0.4 is 15.0 Å². The van der Waals surface area contributed by atoms with Crippen molar-refractivity contribution in [1.29, 1.82) is 0 Å². The topological polar surface area (TPSA) is 93.9 Å². The fourth-order valence-corrected chi connectivity index (χ4v) is 5.09. The van der Waals surface area contributed by atoms with E-state index in [-0.39, 0.29) is 12.0 Å². The van der Waals surface area contributed by atoms with Crippen molar-refractivity contribution in [3.8, 4) is 28.3 Å². The molecule has 1 atom stereocenters. The number of cyclic esters (lactones) is 1. The molecule has 32 heavy (non-hydrogen) atoms. The zero-order chi connectivity index (χ0) is 22.2. The van der Waals surface area contributed by atoms with E-state index >= 15 is 0 Å². The zero-order valence-electron chi connectivity index (χ0n) is 17.8. The van der Waals surface area contributed by atoms with E-state index in [1.807, 2.05) is 29.0 Å². The van der Waals surface area contributed by atoms with E-state index in [9.17, 15) is 9.59 Å². The number of thiophene rings is 1. The summed E-state index contributed by atoms with van der Waals surface area (Å²) in [6.45, 7) is 2.14. The monoisotopic (exact) mass is 453 g/mol. The van der Waals surface area contributed by atoms with E-state index in [4.69, 9.17) is 14.0 Å². The fourth-order valence-electron chi connectivity index (χ4n) is 4.31. The highest BCUT2D eigenvalue weighted by Crippen LogP contribution is 2.42. The zero-order valence-corrected chi connectivity index (χ0v) is 18.7. The maximum Gasteiger partial charge on any atom is 0.414 e. The lowest BCUT2D eigenvalue weighted by molar-refractivity contribution is -0.119. The number of amides is 2. The number of carbonyl (C=O) groups excluding carboxylic acids is 2.